The molecule has 0 spiro atoms. The molecule has 2 aromatic rings. The maximum absolute atomic E-state index is 12.8. The standard InChI is InChI=1S/C17H18BrN3O6S/c18-12-3-5-14(6-4-12)28(24,25)21-7-9-27-15(21)11-20-17(23)16(22)19-10-13-2-1-8-26-13/h1-6,8,15H,7,9-11H2,(H,19,22)(H,20,23)/t15-/m0/s1. The minimum atomic E-state index is -3.79. The van der Waals surface area contributed by atoms with Gasteiger partial charge in [-0.25, -0.2) is 8.42 Å². The van der Waals surface area contributed by atoms with Crippen LogP contribution in [0, 0.1) is 0 Å². The maximum atomic E-state index is 12.8. The van der Waals surface area contributed by atoms with E-state index >= 15 is 0 Å². The van der Waals surface area contributed by atoms with Crippen molar-refractivity contribution in [3.63, 3.8) is 0 Å². The Labute approximate surface area is 170 Å². The predicted octanol–water partition coefficient (Wildman–Crippen LogP) is 0.822. The fraction of sp³-hybridized carbons (Fsp3) is 0.294. The molecule has 9 nitrogen and oxygen atoms in total. The normalized spacial score (nSPS) is 17.4. The Morgan fingerprint density at radius 2 is 1.86 bits per heavy atom. The monoisotopic (exact) mass is 471 g/mol. The highest BCUT2D eigenvalue weighted by Gasteiger charge is 2.36. The molecule has 11 heteroatoms. The number of nitrogens with one attached hydrogen (secondary N) is 2. The second-order valence-corrected chi connectivity index (χ2v) is 8.67. The molecule has 0 saturated carbocycles. The summed E-state index contributed by atoms with van der Waals surface area (Å²) in [7, 11) is -3.79. The van der Waals surface area contributed by atoms with Gasteiger partial charge in [-0.3, -0.25) is 9.59 Å². The zero-order valence-electron chi connectivity index (χ0n) is 14.6. The Bertz CT molecular complexity index is 930. The topological polar surface area (TPSA) is 118 Å². The minimum Gasteiger partial charge on any atom is -0.467 e. The average molecular weight is 472 g/mol. The van der Waals surface area contributed by atoms with Gasteiger partial charge in [-0.15, -0.1) is 0 Å². The molecular formula is C17H18BrN3O6S. The van der Waals surface area contributed by atoms with Gasteiger partial charge in [0, 0.05) is 11.0 Å². The Hall–Kier alpha value is -2.21. The third-order valence-corrected chi connectivity index (χ3v) is 6.44. The van der Waals surface area contributed by atoms with E-state index in [1.165, 1.54) is 18.4 Å². The van der Waals surface area contributed by atoms with E-state index in [4.69, 9.17) is 9.15 Å². The van der Waals surface area contributed by atoms with Crippen LogP contribution in [0.3, 0.4) is 0 Å². The number of hydrogen-bond donors (Lipinski definition) is 2. The Morgan fingerprint density at radius 1 is 1.14 bits per heavy atom. The number of amides is 2. The number of sulfonamides is 1. The quantitative estimate of drug-likeness (QED) is 0.602. The summed E-state index contributed by atoms with van der Waals surface area (Å²) < 4.78 is 38.0. The Kier molecular flexibility index (Phi) is 6.50. The first kappa shape index (κ1) is 20.5. The second kappa shape index (κ2) is 8.86. The van der Waals surface area contributed by atoms with E-state index in [-0.39, 0.29) is 31.1 Å². The van der Waals surface area contributed by atoms with Gasteiger partial charge < -0.3 is 19.8 Å². The number of carbonyl (C=O) groups excluding carboxylic acids is 2. The smallest absolute Gasteiger partial charge is 0.309 e. The van der Waals surface area contributed by atoms with Crippen LogP contribution in [-0.4, -0.2) is 50.5 Å². The molecule has 1 aromatic carbocycles. The number of benzene rings is 1. The van der Waals surface area contributed by atoms with Crippen LogP contribution in [0.25, 0.3) is 0 Å². The van der Waals surface area contributed by atoms with Crippen LogP contribution in [0.1, 0.15) is 5.76 Å². The van der Waals surface area contributed by atoms with Crippen LogP contribution in [0.4, 0.5) is 0 Å². The number of ether oxygens (including phenoxy) is 1. The summed E-state index contributed by atoms with van der Waals surface area (Å²) in [6, 6.07) is 9.55. The fourth-order valence-corrected chi connectivity index (χ4v) is 4.38. The molecule has 1 aromatic heterocycles. The lowest BCUT2D eigenvalue weighted by molar-refractivity contribution is -0.139. The van der Waals surface area contributed by atoms with Gasteiger partial charge in [-0.1, -0.05) is 15.9 Å². The van der Waals surface area contributed by atoms with Gasteiger partial charge in [0.25, 0.3) is 0 Å². The molecule has 0 unspecified atom stereocenters. The van der Waals surface area contributed by atoms with E-state index < -0.39 is 28.1 Å². The van der Waals surface area contributed by atoms with Crippen molar-refractivity contribution in [2.45, 2.75) is 17.7 Å². The van der Waals surface area contributed by atoms with Crippen molar-refractivity contribution >= 4 is 37.8 Å². The number of halogens is 1. The summed E-state index contributed by atoms with van der Waals surface area (Å²) in [4.78, 5) is 23.9. The first-order chi connectivity index (χ1) is 13.4. The molecule has 2 N–H and O–H groups in total. The van der Waals surface area contributed by atoms with Gasteiger partial charge in [0.05, 0.1) is 30.9 Å². The van der Waals surface area contributed by atoms with Crippen LogP contribution in [0.15, 0.2) is 56.4 Å². The summed E-state index contributed by atoms with van der Waals surface area (Å²) in [5, 5.41) is 4.81. The van der Waals surface area contributed by atoms with Crippen molar-refractivity contribution in [2.75, 3.05) is 19.7 Å². The molecule has 28 heavy (non-hydrogen) atoms. The van der Waals surface area contributed by atoms with Gasteiger partial charge >= 0.3 is 11.8 Å². The Morgan fingerprint density at radius 3 is 2.54 bits per heavy atom. The minimum absolute atomic E-state index is 0.0727. The molecule has 1 atom stereocenters. The molecule has 0 radical (unpaired) electrons. The van der Waals surface area contributed by atoms with E-state index in [1.54, 1.807) is 24.3 Å². The summed E-state index contributed by atoms with van der Waals surface area (Å²) >= 11 is 3.26. The summed E-state index contributed by atoms with van der Waals surface area (Å²) in [6.07, 6.45) is 0.565. The maximum Gasteiger partial charge on any atom is 0.309 e. The molecular weight excluding hydrogens is 454 g/mol. The van der Waals surface area contributed by atoms with Crippen molar-refractivity contribution in [3.8, 4) is 0 Å². The van der Waals surface area contributed by atoms with E-state index in [9.17, 15) is 18.0 Å². The van der Waals surface area contributed by atoms with Crippen LogP contribution >= 0.6 is 15.9 Å². The van der Waals surface area contributed by atoms with Crippen molar-refractivity contribution in [2.24, 2.45) is 0 Å². The van der Waals surface area contributed by atoms with Crippen molar-refractivity contribution in [1.29, 1.82) is 0 Å². The molecule has 0 bridgehead atoms. The predicted molar refractivity (Wildman–Crippen MR) is 101 cm³/mol. The van der Waals surface area contributed by atoms with Crippen molar-refractivity contribution in [1.82, 2.24) is 14.9 Å². The largest absolute Gasteiger partial charge is 0.467 e. The Balaban J connectivity index is 1.56. The molecule has 0 aliphatic carbocycles. The number of hydrogen-bond acceptors (Lipinski definition) is 6. The number of rotatable bonds is 6. The van der Waals surface area contributed by atoms with Crippen molar-refractivity contribution in [3.05, 3.63) is 52.9 Å². The number of nitrogens with zero attached hydrogens (tertiary/aromatic N) is 1. The van der Waals surface area contributed by atoms with Gasteiger partial charge in [0.2, 0.25) is 10.0 Å². The van der Waals surface area contributed by atoms with Gasteiger partial charge in [-0.05, 0) is 36.4 Å². The highest BCUT2D eigenvalue weighted by molar-refractivity contribution is 9.10. The van der Waals surface area contributed by atoms with E-state index in [0.717, 1.165) is 8.78 Å². The first-order valence-corrected chi connectivity index (χ1v) is 10.6. The molecule has 1 saturated heterocycles. The van der Waals surface area contributed by atoms with Crippen LogP contribution in [0.5, 0.6) is 0 Å². The molecule has 150 valence electrons. The molecule has 1 aliphatic rings. The van der Waals surface area contributed by atoms with Crippen LogP contribution < -0.4 is 10.6 Å². The third kappa shape index (κ3) is 4.79. The third-order valence-electron chi connectivity index (χ3n) is 4.01. The number of furan rings is 1. The molecule has 1 fully saturated rings. The molecule has 1 aliphatic heterocycles. The lowest BCUT2D eigenvalue weighted by atomic mass is 10.4. The molecule has 2 heterocycles. The lowest BCUT2D eigenvalue weighted by Crippen LogP contribution is -2.47. The van der Waals surface area contributed by atoms with E-state index in [0.29, 0.717) is 5.76 Å². The first-order valence-electron chi connectivity index (χ1n) is 8.35. The van der Waals surface area contributed by atoms with Crippen molar-refractivity contribution < 1.29 is 27.2 Å². The highest BCUT2D eigenvalue weighted by atomic mass is 79.9. The lowest BCUT2D eigenvalue weighted by Gasteiger charge is -2.22. The van der Waals surface area contributed by atoms with Gasteiger partial charge in [0.1, 0.15) is 12.0 Å². The van der Waals surface area contributed by atoms with Gasteiger partial charge in [-0.2, -0.15) is 4.31 Å². The summed E-state index contributed by atoms with van der Waals surface area (Å²) in [5.41, 5.74) is 0. The highest BCUT2D eigenvalue weighted by Crippen LogP contribution is 2.23. The van der Waals surface area contributed by atoms with Gasteiger partial charge in [0.15, 0.2) is 0 Å². The fourth-order valence-electron chi connectivity index (χ4n) is 2.60. The molecule has 3 rings (SSSR count). The zero-order chi connectivity index (χ0) is 20.1. The second-order valence-electron chi connectivity index (χ2n) is 5.87. The summed E-state index contributed by atoms with van der Waals surface area (Å²) in [5.74, 6) is -1.23. The zero-order valence-corrected chi connectivity index (χ0v) is 17.0. The number of carbonyl (C=O) groups is 2. The molecule has 2 amide bonds. The SMILES string of the molecule is O=C(NCc1ccco1)C(=O)NC[C@@H]1OCCN1S(=O)(=O)c1ccc(Br)cc1. The van der Waals surface area contributed by atoms with Crippen LogP contribution in [0.2, 0.25) is 0 Å². The average Bonchev–Trinajstić information content (AvgIpc) is 3.36. The van der Waals surface area contributed by atoms with Crippen LogP contribution in [-0.2, 0) is 30.9 Å². The van der Waals surface area contributed by atoms with E-state index in [2.05, 4.69) is 26.6 Å². The summed E-state index contributed by atoms with van der Waals surface area (Å²) in [6.45, 7) is 0.274. The van der Waals surface area contributed by atoms with E-state index in [1.807, 2.05) is 0 Å².